The Morgan fingerprint density at radius 2 is 1.13 bits per heavy atom. The molecular formula is C55H70N6O10. The molecule has 71 heavy (non-hydrogen) atoms. The average Bonchev–Trinajstić information content (AvgIpc) is 4.13. The van der Waals surface area contributed by atoms with Crippen LogP contribution in [-0.4, -0.2) is 139 Å². The molecule has 3 amide bonds. The van der Waals surface area contributed by atoms with E-state index in [2.05, 4.69) is 27.4 Å². The third-order valence-electron chi connectivity index (χ3n) is 15.0. The monoisotopic (exact) mass is 975 g/mol. The van der Waals surface area contributed by atoms with Crippen molar-refractivity contribution in [2.75, 3.05) is 78.9 Å². The molecule has 4 fully saturated rings. The predicted molar refractivity (Wildman–Crippen MR) is 267 cm³/mol. The van der Waals surface area contributed by atoms with Crippen molar-refractivity contribution in [1.82, 2.24) is 30.0 Å². The second-order valence-electron chi connectivity index (χ2n) is 19.1. The number of H-pyrrole nitrogens is 2. The van der Waals surface area contributed by atoms with E-state index in [4.69, 9.17) is 18.9 Å². The fourth-order valence-electron chi connectivity index (χ4n) is 11.6. The molecule has 4 aliphatic heterocycles. The molecule has 16 nitrogen and oxygen atoms in total. The molecule has 6 aliphatic rings. The molecule has 0 spiro atoms. The molecule has 380 valence electrons. The Morgan fingerprint density at radius 1 is 0.662 bits per heavy atom. The lowest BCUT2D eigenvalue weighted by Gasteiger charge is -2.36. The van der Waals surface area contributed by atoms with E-state index in [1.807, 2.05) is 60.9 Å². The van der Waals surface area contributed by atoms with Crippen molar-refractivity contribution in [1.29, 1.82) is 0 Å². The highest BCUT2D eigenvalue weighted by molar-refractivity contribution is 6.00. The summed E-state index contributed by atoms with van der Waals surface area (Å²) in [6, 6.07) is 16.2. The second-order valence-corrected chi connectivity index (χ2v) is 19.1. The maximum absolute atomic E-state index is 13.9. The number of allylic oxidation sites excluding steroid dienone is 2. The Labute approximate surface area is 415 Å². The van der Waals surface area contributed by atoms with Crippen molar-refractivity contribution in [3.05, 3.63) is 95.6 Å². The first-order valence-corrected chi connectivity index (χ1v) is 25.7. The molecule has 0 unspecified atom stereocenters. The first-order valence-electron chi connectivity index (χ1n) is 25.7. The minimum atomic E-state index is -1.09. The van der Waals surface area contributed by atoms with Gasteiger partial charge in [-0.25, -0.2) is 0 Å². The van der Waals surface area contributed by atoms with Gasteiger partial charge in [0, 0.05) is 97.7 Å². The van der Waals surface area contributed by atoms with Crippen molar-refractivity contribution in [3.63, 3.8) is 0 Å². The molecule has 4 saturated heterocycles. The number of rotatable bonds is 14. The lowest BCUT2D eigenvalue weighted by Crippen LogP contribution is -2.46. The number of amides is 3. The number of carbonyl (C=O) groups excluding carboxylic acids is 6. The Bertz CT molecular complexity index is 2610. The van der Waals surface area contributed by atoms with Crippen LogP contribution in [0.25, 0.3) is 21.8 Å². The Kier molecular flexibility index (Phi) is 16.9. The number of hydrogen-bond donors (Lipinski definition) is 3. The van der Waals surface area contributed by atoms with E-state index >= 15 is 0 Å². The van der Waals surface area contributed by atoms with Crippen molar-refractivity contribution < 1.29 is 47.7 Å². The lowest BCUT2D eigenvalue weighted by atomic mass is 9.68. The number of morpholine rings is 2. The second kappa shape index (κ2) is 23.4. The summed E-state index contributed by atoms with van der Waals surface area (Å²) in [5, 5.41) is 5.43. The van der Waals surface area contributed by atoms with Gasteiger partial charge in [0.25, 0.3) is 0 Å². The lowest BCUT2D eigenvalue weighted by molar-refractivity contribution is -0.159. The van der Waals surface area contributed by atoms with Gasteiger partial charge in [0.1, 0.15) is 16.6 Å². The summed E-state index contributed by atoms with van der Waals surface area (Å²) in [6.07, 6.45) is 13.7. The molecule has 0 saturated carbocycles. The van der Waals surface area contributed by atoms with Crippen LogP contribution >= 0.6 is 0 Å². The number of esters is 2. The van der Waals surface area contributed by atoms with Crippen molar-refractivity contribution in [2.24, 2.45) is 22.7 Å². The van der Waals surface area contributed by atoms with Crippen LogP contribution in [0.3, 0.4) is 0 Å². The largest absolute Gasteiger partial charge is 0.465 e. The minimum Gasteiger partial charge on any atom is -0.465 e. The van der Waals surface area contributed by atoms with Gasteiger partial charge in [-0.2, -0.15) is 0 Å². The molecule has 2 aliphatic carbocycles. The van der Waals surface area contributed by atoms with Gasteiger partial charge >= 0.3 is 11.9 Å². The fraction of sp³-hybridized carbons (Fsp3) is 0.527. The summed E-state index contributed by atoms with van der Waals surface area (Å²) in [6.45, 7) is 12.3. The molecule has 6 heterocycles. The number of carbonyl (C=O) groups is 6. The van der Waals surface area contributed by atoms with Crippen molar-refractivity contribution >= 4 is 57.2 Å². The number of benzene rings is 2. The van der Waals surface area contributed by atoms with Crippen molar-refractivity contribution in [3.8, 4) is 0 Å². The van der Waals surface area contributed by atoms with E-state index in [1.54, 1.807) is 28.5 Å². The zero-order valence-electron chi connectivity index (χ0n) is 41.6. The number of aromatic nitrogens is 2. The summed E-state index contributed by atoms with van der Waals surface area (Å²) in [7, 11) is 0. The molecule has 0 bridgehead atoms. The summed E-state index contributed by atoms with van der Waals surface area (Å²) >= 11 is 0. The number of likely N-dealkylation sites (tertiary alicyclic amines) is 2. The zero-order chi connectivity index (χ0) is 50.0. The quantitative estimate of drug-likeness (QED) is 0.118. The highest BCUT2D eigenvalue weighted by Gasteiger charge is 2.63. The van der Waals surface area contributed by atoms with Gasteiger partial charge in [-0.15, -0.1) is 0 Å². The van der Waals surface area contributed by atoms with Gasteiger partial charge in [0.05, 0.1) is 51.5 Å². The Hall–Kier alpha value is -6.10. The van der Waals surface area contributed by atoms with E-state index in [-0.39, 0.29) is 61.5 Å². The van der Waals surface area contributed by atoms with Crippen LogP contribution in [0.5, 0.6) is 0 Å². The van der Waals surface area contributed by atoms with Gasteiger partial charge in [0.2, 0.25) is 17.7 Å². The molecule has 4 aromatic rings. The first-order chi connectivity index (χ1) is 34.5. The molecule has 3 N–H and O–H groups in total. The Morgan fingerprint density at radius 3 is 1.56 bits per heavy atom. The number of ether oxygens (including phenoxy) is 4. The zero-order valence-corrected chi connectivity index (χ0v) is 41.6. The highest BCUT2D eigenvalue weighted by Crippen LogP contribution is 2.55. The van der Waals surface area contributed by atoms with Gasteiger partial charge in [-0.3, -0.25) is 24.0 Å². The van der Waals surface area contributed by atoms with Crippen LogP contribution < -0.4 is 5.32 Å². The van der Waals surface area contributed by atoms with Crippen LogP contribution in [0, 0.1) is 22.7 Å². The molecular weight excluding hydrogens is 905 g/mol. The SMILES string of the molecule is C1COCCN1.CCOC(=O)[C@@]12CCCC=C1N(CCc1c[nH]c3ccccc13)C(=O)[C@H]2CC(=O)N1CCOCC1.CCOC(=O)[C@@]12CCCC=C1N(CCc1c[nH]c3ccccc13)C(=O)[C@H]2CC(C)=O. The van der Waals surface area contributed by atoms with Gasteiger partial charge in [0.15, 0.2) is 0 Å². The number of aromatic amines is 2. The standard InChI is InChI=1S/C27H33N3O5.C24H28N2O4.C4H9NO/c1-2-35-26(33)27-11-6-5-9-23(27)30(12-10-19-18-28-22-8-4-3-7-20(19)22)25(32)21(27)17-24(31)29-13-15-34-16-14-29;1-3-30-23(29)24-12-7-6-10-21(24)26(22(28)19(24)14-16(2)27)13-11-17-15-25-20-9-5-4-8-18(17)20;1-3-6-4-2-5-1/h3-4,7-9,18,21,28H,2,5-6,10-17H2,1H3;4-5,8-10,15,19,25H,3,6-7,11-14H2,1-2H3;5H,1-4H2/t21-,27-;19-,24-;/m11./s1. The molecule has 10 rings (SSSR count). The normalized spacial score (nSPS) is 24.0. The summed E-state index contributed by atoms with van der Waals surface area (Å²) in [5.74, 6) is -2.63. The number of ketones is 1. The fourth-order valence-corrected chi connectivity index (χ4v) is 11.6. The number of para-hydroxylation sites is 2. The van der Waals surface area contributed by atoms with E-state index < -0.39 is 22.7 Å². The van der Waals surface area contributed by atoms with Gasteiger partial charge in [-0.05, 0) is 95.4 Å². The van der Waals surface area contributed by atoms with Crippen LogP contribution in [0.2, 0.25) is 0 Å². The van der Waals surface area contributed by atoms with E-state index in [0.717, 1.165) is 96.3 Å². The van der Waals surface area contributed by atoms with E-state index in [0.29, 0.717) is 65.1 Å². The van der Waals surface area contributed by atoms with E-state index in [1.165, 1.54) is 6.92 Å². The van der Waals surface area contributed by atoms with E-state index in [9.17, 15) is 28.8 Å². The molecule has 2 aromatic carbocycles. The molecule has 2 aromatic heterocycles. The minimum absolute atomic E-state index is 0.0125. The Balaban J connectivity index is 0.000000172. The third kappa shape index (κ3) is 10.6. The number of hydrogen-bond acceptors (Lipinski definition) is 11. The number of nitrogens with zero attached hydrogens (tertiary/aromatic N) is 3. The maximum Gasteiger partial charge on any atom is 0.318 e. The van der Waals surface area contributed by atoms with Crippen LogP contribution in [-0.2, 0) is 60.6 Å². The van der Waals surface area contributed by atoms with Crippen LogP contribution in [0.1, 0.15) is 83.3 Å². The average molecular weight is 975 g/mol. The third-order valence-corrected chi connectivity index (χ3v) is 15.0. The molecule has 4 atom stereocenters. The van der Waals surface area contributed by atoms with Crippen molar-refractivity contribution in [2.45, 2.75) is 85.0 Å². The van der Waals surface area contributed by atoms with Gasteiger partial charge in [-0.1, -0.05) is 48.6 Å². The summed E-state index contributed by atoms with van der Waals surface area (Å²) in [4.78, 5) is 91.0. The van der Waals surface area contributed by atoms with Crippen LogP contribution in [0.4, 0.5) is 0 Å². The first kappa shape index (κ1) is 51.3. The number of fused-ring (bicyclic) bond motifs is 4. The maximum atomic E-state index is 13.9. The van der Waals surface area contributed by atoms with Gasteiger partial charge < -0.3 is 53.7 Å². The number of nitrogens with one attached hydrogen (secondary N) is 3. The topological polar surface area (TPSA) is 193 Å². The number of Topliss-reactive ketones (excluding diaryl/α,β-unsaturated/α-hetero) is 1. The molecule has 16 heteroatoms. The highest BCUT2D eigenvalue weighted by atomic mass is 16.5. The van der Waals surface area contributed by atoms with Crippen LogP contribution in [0.15, 0.2) is 84.5 Å². The summed E-state index contributed by atoms with van der Waals surface area (Å²) < 4.78 is 21.4. The smallest absolute Gasteiger partial charge is 0.318 e. The predicted octanol–water partition coefficient (Wildman–Crippen LogP) is 6.41. The summed E-state index contributed by atoms with van der Waals surface area (Å²) in [5.41, 5.74) is 3.72. The molecule has 0 radical (unpaired) electrons.